The molecule has 0 bridgehead atoms. The first-order valence-corrected chi connectivity index (χ1v) is 11.2. The lowest BCUT2D eigenvalue weighted by Gasteiger charge is -2.24. The summed E-state index contributed by atoms with van der Waals surface area (Å²) in [5.74, 6) is 0.536. The zero-order valence-corrected chi connectivity index (χ0v) is 18.7. The van der Waals surface area contributed by atoms with E-state index in [9.17, 15) is 14.7 Å². The van der Waals surface area contributed by atoms with Gasteiger partial charge in [0.2, 0.25) is 0 Å². The van der Waals surface area contributed by atoms with Gasteiger partial charge in [-0.25, -0.2) is 4.98 Å². The molecule has 2 fully saturated rings. The van der Waals surface area contributed by atoms with Crippen LogP contribution in [0.4, 0.5) is 17.3 Å². The molecule has 34 heavy (non-hydrogen) atoms. The summed E-state index contributed by atoms with van der Waals surface area (Å²) in [7, 11) is 1.73. The molecule has 0 aliphatic carbocycles. The Bertz CT molecular complexity index is 1250. The van der Waals surface area contributed by atoms with E-state index in [1.165, 1.54) is 10.7 Å². The van der Waals surface area contributed by atoms with Gasteiger partial charge in [-0.2, -0.15) is 9.61 Å². The smallest absolute Gasteiger partial charge is 0.274 e. The molecule has 5 rings (SSSR count). The quantitative estimate of drug-likeness (QED) is 0.406. The molecule has 2 aliphatic heterocycles. The third kappa shape index (κ3) is 4.22. The van der Waals surface area contributed by atoms with E-state index in [4.69, 9.17) is 9.47 Å². The number of hydrogen-bond acceptors (Lipinski definition) is 9. The Labute approximate surface area is 194 Å². The van der Waals surface area contributed by atoms with E-state index in [0.717, 1.165) is 12.8 Å². The fourth-order valence-electron chi connectivity index (χ4n) is 4.27. The Morgan fingerprint density at radius 3 is 2.88 bits per heavy atom. The van der Waals surface area contributed by atoms with Crippen molar-refractivity contribution in [1.82, 2.24) is 24.5 Å². The molecule has 180 valence electrons. The molecule has 0 saturated carbocycles. The standard InChI is InChI=1S/C22H27N7O5/c1-23-19-8-18(25-15-5-2-6-28(22(15)32)13-4-3-7-33-10-13)27-20-14(9-24-29(19)20)21(31)26-16-11-34-12-17(16)30/h2,5-6,8-9,13,16-17,23,30H,3-4,7,10-12H2,1H3,(H,25,27)(H,26,31)/t13-,16+,17-/m1/s1. The van der Waals surface area contributed by atoms with Crippen LogP contribution in [0, 0.1) is 0 Å². The summed E-state index contributed by atoms with van der Waals surface area (Å²) in [6, 6.07) is 4.70. The van der Waals surface area contributed by atoms with Gasteiger partial charge in [0.15, 0.2) is 5.65 Å². The number of aliphatic hydroxyl groups excluding tert-OH is 1. The molecule has 2 saturated heterocycles. The molecule has 3 aromatic rings. The average molecular weight is 470 g/mol. The number of aliphatic hydroxyl groups is 1. The predicted octanol–water partition coefficient (Wildman–Crippen LogP) is 0.517. The van der Waals surface area contributed by atoms with E-state index in [0.29, 0.717) is 36.2 Å². The van der Waals surface area contributed by atoms with Crippen LogP contribution in [0.2, 0.25) is 0 Å². The number of nitrogens with zero attached hydrogens (tertiary/aromatic N) is 4. The van der Waals surface area contributed by atoms with Gasteiger partial charge in [0.1, 0.15) is 22.9 Å². The van der Waals surface area contributed by atoms with Crippen molar-refractivity contribution in [2.75, 3.05) is 44.1 Å². The molecule has 0 spiro atoms. The van der Waals surface area contributed by atoms with Gasteiger partial charge in [0, 0.05) is 25.9 Å². The molecule has 0 radical (unpaired) electrons. The number of anilines is 3. The summed E-state index contributed by atoms with van der Waals surface area (Å²) in [4.78, 5) is 30.6. The van der Waals surface area contributed by atoms with E-state index < -0.39 is 18.1 Å². The monoisotopic (exact) mass is 469 g/mol. The fourth-order valence-corrected chi connectivity index (χ4v) is 4.27. The largest absolute Gasteiger partial charge is 0.388 e. The number of rotatable bonds is 6. The van der Waals surface area contributed by atoms with Crippen LogP contribution in [-0.2, 0) is 9.47 Å². The van der Waals surface area contributed by atoms with Crippen molar-refractivity contribution < 1.29 is 19.4 Å². The van der Waals surface area contributed by atoms with Crippen molar-refractivity contribution in [1.29, 1.82) is 0 Å². The molecule has 12 nitrogen and oxygen atoms in total. The van der Waals surface area contributed by atoms with Crippen LogP contribution in [-0.4, -0.2) is 75.8 Å². The van der Waals surface area contributed by atoms with E-state index in [1.54, 1.807) is 29.9 Å². The molecule has 3 atom stereocenters. The second-order valence-corrected chi connectivity index (χ2v) is 8.39. The molecule has 1 amide bonds. The molecule has 3 aromatic heterocycles. The van der Waals surface area contributed by atoms with Crippen LogP contribution in [0.15, 0.2) is 35.4 Å². The number of fused-ring (bicyclic) bond motifs is 1. The maximum atomic E-state index is 13.1. The summed E-state index contributed by atoms with van der Waals surface area (Å²) in [6.07, 6.45) is 4.21. The maximum Gasteiger partial charge on any atom is 0.274 e. The van der Waals surface area contributed by atoms with Crippen molar-refractivity contribution in [3.05, 3.63) is 46.5 Å². The van der Waals surface area contributed by atoms with E-state index >= 15 is 0 Å². The molecule has 0 unspecified atom stereocenters. The highest BCUT2D eigenvalue weighted by atomic mass is 16.5. The van der Waals surface area contributed by atoms with E-state index in [1.807, 2.05) is 6.07 Å². The number of carbonyl (C=O) groups is 1. The highest BCUT2D eigenvalue weighted by Crippen LogP contribution is 2.22. The van der Waals surface area contributed by atoms with Gasteiger partial charge in [0.05, 0.1) is 44.2 Å². The van der Waals surface area contributed by atoms with E-state index in [-0.39, 0.29) is 30.4 Å². The highest BCUT2D eigenvalue weighted by molar-refractivity contribution is 6.00. The van der Waals surface area contributed by atoms with Crippen molar-refractivity contribution in [2.45, 2.75) is 31.0 Å². The normalized spacial score (nSPS) is 22.6. The minimum Gasteiger partial charge on any atom is -0.388 e. The lowest BCUT2D eigenvalue weighted by Crippen LogP contribution is -2.42. The first-order valence-electron chi connectivity index (χ1n) is 11.2. The minimum absolute atomic E-state index is 0.00801. The number of carbonyl (C=O) groups excluding carboxylic acids is 1. The predicted molar refractivity (Wildman–Crippen MR) is 124 cm³/mol. The zero-order chi connectivity index (χ0) is 23.7. The summed E-state index contributed by atoms with van der Waals surface area (Å²) >= 11 is 0. The summed E-state index contributed by atoms with van der Waals surface area (Å²) in [5.41, 5.74) is 0.734. The number of aromatic nitrogens is 4. The van der Waals surface area contributed by atoms with Gasteiger partial charge in [-0.05, 0) is 25.0 Å². The van der Waals surface area contributed by atoms with Crippen molar-refractivity contribution in [3.8, 4) is 0 Å². The molecular formula is C22H27N7O5. The number of pyridine rings is 1. The van der Waals surface area contributed by atoms with Gasteiger partial charge >= 0.3 is 0 Å². The van der Waals surface area contributed by atoms with E-state index in [2.05, 4.69) is 26.0 Å². The summed E-state index contributed by atoms with van der Waals surface area (Å²) in [5, 5.41) is 23.1. The van der Waals surface area contributed by atoms with Gasteiger partial charge < -0.3 is 35.1 Å². The zero-order valence-electron chi connectivity index (χ0n) is 18.7. The Morgan fingerprint density at radius 1 is 1.26 bits per heavy atom. The number of amides is 1. The number of ether oxygens (including phenoxy) is 2. The molecule has 12 heteroatoms. The second-order valence-electron chi connectivity index (χ2n) is 8.39. The van der Waals surface area contributed by atoms with Crippen LogP contribution in [0.5, 0.6) is 0 Å². The topological polar surface area (TPSA) is 144 Å². The van der Waals surface area contributed by atoms with Gasteiger partial charge in [-0.3, -0.25) is 9.59 Å². The number of nitrogens with one attached hydrogen (secondary N) is 3. The summed E-state index contributed by atoms with van der Waals surface area (Å²) in [6.45, 7) is 1.64. The van der Waals surface area contributed by atoms with Crippen LogP contribution in [0.1, 0.15) is 29.2 Å². The Balaban J connectivity index is 1.46. The Hall–Kier alpha value is -3.48. The van der Waals surface area contributed by atoms with Gasteiger partial charge in [0.25, 0.3) is 11.5 Å². The Morgan fingerprint density at radius 2 is 2.15 bits per heavy atom. The molecule has 4 N–H and O–H groups in total. The minimum atomic E-state index is -0.765. The van der Waals surface area contributed by atoms with Crippen LogP contribution < -0.4 is 21.5 Å². The fraction of sp³-hybridized carbons (Fsp3) is 0.455. The van der Waals surface area contributed by atoms with Crippen molar-refractivity contribution in [3.63, 3.8) is 0 Å². The molecule has 0 aromatic carbocycles. The average Bonchev–Trinajstić information content (AvgIpc) is 3.46. The lowest BCUT2D eigenvalue weighted by atomic mass is 10.1. The van der Waals surface area contributed by atoms with Gasteiger partial charge in [-0.1, -0.05) is 0 Å². The third-order valence-electron chi connectivity index (χ3n) is 6.11. The molecule has 2 aliphatic rings. The SMILES string of the molecule is CNc1cc(Nc2cccn([C@@H]3CCCOC3)c2=O)nc2c(C(=O)N[C@H]3COC[C@H]3O)cnn12. The number of hydrogen-bond donors (Lipinski definition) is 4. The molecular weight excluding hydrogens is 442 g/mol. The van der Waals surface area contributed by atoms with Crippen LogP contribution >= 0.6 is 0 Å². The third-order valence-corrected chi connectivity index (χ3v) is 6.11. The highest BCUT2D eigenvalue weighted by Gasteiger charge is 2.29. The Kier molecular flexibility index (Phi) is 6.18. The maximum absolute atomic E-state index is 13.1. The van der Waals surface area contributed by atoms with Crippen LogP contribution in [0.3, 0.4) is 0 Å². The van der Waals surface area contributed by atoms with Crippen molar-refractivity contribution >= 4 is 28.9 Å². The first-order chi connectivity index (χ1) is 16.5. The molecule has 5 heterocycles. The van der Waals surface area contributed by atoms with Crippen molar-refractivity contribution in [2.24, 2.45) is 0 Å². The van der Waals surface area contributed by atoms with Gasteiger partial charge in [-0.15, -0.1) is 0 Å². The summed E-state index contributed by atoms with van der Waals surface area (Å²) < 4.78 is 13.9. The van der Waals surface area contributed by atoms with Crippen LogP contribution in [0.25, 0.3) is 5.65 Å². The second kappa shape index (κ2) is 9.41. The first kappa shape index (κ1) is 22.3. The lowest BCUT2D eigenvalue weighted by molar-refractivity contribution is 0.0581.